The van der Waals surface area contributed by atoms with E-state index >= 15 is 0 Å². The molecule has 6 heteroatoms. The molecule has 0 spiro atoms. The minimum atomic E-state index is -0.816. The number of aromatic nitrogens is 2. The Morgan fingerprint density at radius 3 is 2.83 bits per heavy atom. The van der Waals surface area contributed by atoms with E-state index < -0.39 is 6.09 Å². The second-order valence-corrected chi connectivity index (χ2v) is 6.66. The molecule has 1 saturated heterocycles. The van der Waals surface area contributed by atoms with E-state index in [4.69, 9.17) is 10.5 Å². The van der Waals surface area contributed by atoms with Crippen molar-refractivity contribution in [3.63, 3.8) is 0 Å². The van der Waals surface area contributed by atoms with Crippen LogP contribution in [0.3, 0.4) is 0 Å². The molecule has 2 heterocycles. The SMILES string of the molecule is CC(C)CN1CCC(c2nc3c(OC(N)=O)cccc3[nH]2)CC1. The van der Waals surface area contributed by atoms with Crippen LogP contribution in [0.4, 0.5) is 4.79 Å². The molecule has 0 atom stereocenters. The molecule has 23 heavy (non-hydrogen) atoms. The van der Waals surface area contributed by atoms with E-state index in [9.17, 15) is 4.79 Å². The van der Waals surface area contributed by atoms with Crippen molar-refractivity contribution in [1.29, 1.82) is 0 Å². The van der Waals surface area contributed by atoms with Crippen molar-refractivity contribution in [3.05, 3.63) is 24.0 Å². The molecule has 1 aromatic carbocycles. The van der Waals surface area contributed by atoms with Gasteiger partial charge in [-0.15, -0.1) is 0 Å². The predicted molar refractivity (Wildman–Crippen MR) is 89.6 cm³/mol. The number of fused-ring (bicyclic) bond motifs is 1. The minimum Gasteiger partial charge on any atom is -0.408 e. The number of ether oxygens (including phenoxy) is 1. The zero-order valence-corrected chi connectivity index (χ0v) is 13.7. The highest BCUT2D eigenvalue weighted by atomic mass is 16.5. The Balaban J connectivity index is 1.75. The second kappa shape index (κ2) is 6.58. The number of carbonyl (C=O) groups is 1. The van der Waals surface area contributed by atoms with E-state index in [1.807, 2.05) is 12.1 Å². The molecule has 1 fully saturated rings. The summed E-state index contributed by atoms with van der Waals surface area (Å²) >= 11 is 0. The Labute approximate surface area is 136 Å². The third-order valence-electron chi connectivity index (χ3n) is 4.30. The van der Waals surface area contributed by atoms with Crippen LogP contribution in [0.25, 0.3) is 11.0 Å². The Kier molecular flexibility index (Phi) is 4.52. The number of H-pyrrole nitrogens is 1. The van der Waals surface area contributed by atoms with Gasteiger partial charge in [0.25, 0.3) is 0 Å². The summed E-state index contributed by atoms with van der Waals surface area (Å²) in [5.74, 6) is 2.51. The minimum absolute atomic E-state index is 0.412. The molecular weight excluding hydrogens is 292 g/mol. The number of piperidine rings is 1. The fourth-order valence-electron chi connectivity index (χ4n) is 3.31. The molecule has 3 N–H and O–H groups in total. The number of primary amides is 1. The summed E-state index contributed by atoms with van der Waals surface area (Å²) in [5, 5.41) is 0. The maximum atomic E-state index is 11.0. The molecule has 124 valence electrons. The first-order valence-electron chi connectivity index (χ1n) is 8.21. The first kappa shape index (κ1) is 15.8. The van der Waals surface area contributed by atoms with E-state index in [1.54, 1.807) is 6.07 Å². The van der Waals surface area contributed by atoms with Crippen LogP contribution < -0.4 is 10.5 Å². The van der Waals surface area contributed by atoms with Gasteiger partial charge >= 0.3 is 6.09 Å². The number of rotatable bonds is 4. The molecule has 0 aliphatic carbocycles. The van der Waals surface area contributed by atoms with Crippen LogP contribution in [0.1, 0.15) is 38.4 Å². The van der Waals surface area contributed by atoms with Gasteiger partial charge in [0.15, 0.2) is 5.75 Å². The normalized spacial score (nSPS) is 17.0. The summed E-state index contributed by atoms with van der Waals surface area (Å²) in [6, 6.07) is 5.48. The molecule has 0 bridgehead atoms. The molecule has 2 aromatic rings. The first-order valence-corrected chi connectivity index (χ1v) is 8.21. The summed E-state index contributed by atoms with van der Waals surface area (Å²) in [5.41, 5.74) is 6.67. The lowest BCUT2D eigenvalue weighted by Gasteiger charge is -2.32. The fourth-order valence-corrected chi connectivity index (χ4v) is 3.31. The summed E-state index contributed by atoms with van der Waals surface area (Å²) in [7, 11) is 0. The fraction of sp³-hybridized carbons (Fsp3) is 0.529. The molecule has 6 nitrogen and oxygen atoms in total. The number of hydrogen-bond acceptors (Lipinski definition) is 4. The second-order valence-electron chi connectivity index (χ2n) is 6.66. The lowest BCUT2D eigenvalue weighted by molar-refractivity contribution is 0.190. The van der Waals surface area contributed by atoms with Gasteiger partial charge < -0.3 is 20.4 Å². The highest BCUT2D eigenvalue weighted by molar-refractivity contribution is 5.84. The van der Waals surface area contributed by atoms with Gasteiger partial charge in [-0.1, -0.05) is 19.9 Å². The van der Waals surface area contributed by atoms with E-state index in [1.165, 1.54) is 0 Å². The average molecular weight is 316 g/mol. The summed E-state index contributed by atoms with van der Waals surface area (Å²) < 4.78 is 5.04. The number of para-hydroxylation sites is 1. The quantitative estimate of drug-likeness (QED) is 0.908. The maximum absolute atomic E-state index is 11.0. The number of nitrogens with one attached hydrogen (secondary N) is 1. The maximum Gasteiger partial charge on any atom is 0.410 e. The van der Waals surface area contributed by atoms with Crippen molar-refractivity contribution in [2.75, 3.05) is 19.6 Å². The van der Waals surface area contributed by atoms with Crippen molar-refractivity contribution in [1.82, 2.24) is 14.9 Å². The summed E-state index contributed by atoms with van der Waals surface area (Å²) in [6.45, 7) is 7.87. The number of nitrogens with zero attached hydrogens (tertiary/aromatic N) is 2. The molecule has 0 radical (unpaired) electrons. The van der Waals surface area contributed by atoms with E-state index in [0.29, 0.717) is 23.1 Å². The monoisotopic (exact) mass is 316 g/mol. The third kappa shape index (κ3) is 3.64. The van der Waals surface area contributed by atoms with Gasteiger partial charge in [0.1, 0.15) is 11.3 Å². The number of nitrogens with two attached hydrogens (primary N) is 1. The summed E-state index contributed by atoms with van der Waals surface area (Å²) in [4.78, 5) is 21.6. The zero-order valence-electron chi connectivity index (χ0n) is 13.7. The van der Waals surface area contributed by atoms with Crippen LogP contribution in [-0.4, -0.2) is 40.6 Å². The topological polar surface area (TPSA) is 84.2 Å². The zero-order chi connectivity index (χ0) is 16.4. The number of hydrogen-bond donors (Lipinski definition) is 2. The van der Waals surface area contributed by atoms with Crippen molar-refractivity contribution in [2.24, 2.45) is 11.7 Å². The van der Waals surface area contributed by atoms with Crippen LogP contribution in [0, 0.1) is 5.92 Å². The standard InChI is InChI=1S/C17H24N4O2/c1-11(2)10-21-8-6-12(7-9-21)16-19-13-4-3-5-14(15(13)20-16)23-17(18)22/h3-5,11-12H,6-10H2,1-2H3,(H2,18,22)(H,19,20). The van der Waals surface area contributed by atoms with Crippen molar-refractivity contribution >= 4 is 17.1 Å². The van der Waals surface area contributed by atoms with Gasteiger partial charge in [-0.25, -0.2) is 9.78 Å². The molecule has 0 saturated carbocycles. The van der Waals surface area contributed by atoms with E-state index in [-0.39, 0.29) is 0 Å². The van der Waals surface area contributed by atoms with Gasteiger partial charge in [-0.05, 0) is 44.0 Å². The number of carbonyl (C=O) groups excluding carboxylic acids is 1. The van der Waals surface area contributed by atoms with E-state index in [0.717, 1.165) is 43.8 Å². The molecule has 1 aromatic heterocycles. The molecule has 1 aliphatic rings. The van der Waals surface area contributed by atoms with Crippen LogP contribution in [0.15, 0.2) is 18.2 Å². The van der Waals surface area contributed by atoms with Gasteiger partial charge in [0.2, 0.25) is 0 Å². The molecular formula is C17H24N4O2. The van der Waals surface area contributed by atoms with Crippen LogP contribution in [-0.2, 0) is 0 Å². The van der Waals surface area contributed by atoms with Gasteiger partial charge in [-0.3, -0.25) is 0 Å². The van der Waals surface area contributed by atoms with Gasteiger partial charge in [0.05, 0.1) is 5.52 Å². The Hall–Kier alpha value is -2.08. The van der Waals surface area contributed by atoms with Gasteiger partial charge in [-0.2, -0.15) is 0 Å². The van der Waals surface area contributed by atoms with E-state index in [2.05, 4.69) is 28.7 Å². The summed E-state index contributed by atoms with van der Waals surface area (Å²) in [6.07, 6.45) is 1.38. The van der Waals surface area contributed by atoms with Crippen LogP contribution >= 0.6 is 0 Å². The lowest BCUT2D eigenvalue weighted by Crippen LogP contribution is -2.35. The Morgan fingerprint density at radius 2 is 2.17 bits per heavy atom. The largest absolute Gasteiger partial charge is 0.410 e. The number of benzene rings is 1. The van der Waals surface area contributed by atoms with Gasteiger partial charge in [0, 0.05) is 12.5 Å². The number of imidazole rings is 1. The Morgan fingerprint density at radius 1 is 1.43 bits per heavy atom. The van der Waals surface area contributed by atoms with Crippen molar-refractivity contribution in [2.45, 2.75) is 32.6 Å². The molecule has 0 unspecified atom stereocenters. The molecule has 1 aliphatic heterocycles. The lowest BCUT2D eigenvalue weighted by atomic mass is 9.95. The highest BCUT2D eigenvalue weighted by Gasteiger charge is 2.24. The number of likely N-dealkylation sites (tertiary alicyclic amines) is 1. The van der Waals surface area contributed by atoms with Crippen LogP contribution in [0.2, 0.25) is 0 Å². The predicted octanol–water partition coefficient (Wildman–Crippen LogP) is 2.86. The highest BCUT2D eigenvalue weighted by Crippen LogP contribution is 2.30. The first-order chi connectivity index (χ1) is 11.0. The third-order valence-corrected chi connectivity index (χ3v) is 4.30. The Bertz CT molecular complexity index is 687. The number of aromatic amines is 1. The smallest absolute Gasteiger partial charge is 0.408 e. The molecule has 3 rings (SSSR count). The molecule has 1 amide bonds. The average Bonchev–Trinajstić information content (AvgIpc) is 2.92. The van der Waals surface area contributed by atoms with Crippen molar-refractivity contribution < 1.29 is 9.53 Å². The van der Waals surface area contributed by atoms with Crippen molar-refractivity contribution in [3.8, 4) is 5.75 Å². The number of amides is 1. The van der Waals surface area contributed by atoms with Crippen LogP contribution in [0.5, 0.6) is 5.75 Å².